The van der Waals surface area contributed by atoms with Crippen LogP contribution in [-0.2, 0) is 0 Å². The van der Waals surface area contributed by atoms with Gasteiger partial charge in [0.1, 0.15) is 10.9 Å². The summed E-state index contributed by atoms with van der Waals surface area (Å²) < 4.78 is 5.75. The number of pyridine rings is 1. The van der Waals surface area contributed by atoms with Gasteiger partial charge in [0, 0.05) is 22.4 Å². The second kappa shape index (κ2) is 6.43. The fourth-order valence-electron chi connectivity index (χ4n) is 1.52. The van der Waals surface area contributed by atoms with E-state index in [1.165, 1.54) is 13.3 Å². The number of carbonyl (C=O) groups excluding carboxylic acids is 1. The lowest BCUT2D eigenvalue weighted by atomic mass is 10.2. The number of halogens is 3. The molecule has 1 aromatic carbocycles. The van der Waals surface area contributed by atoms with Gasteiger partial charge in [-0.25, -0.2) is 4.98 Å². The second-order valence-electron chi connectivity index (χ2n) is 3.80. The first kappa shape index (κ1) is 15.1. The van der Waals surface area contributed by atoms with E-state index in [1.54, 1.807) is 24.3 Å². The summed E-state index contributed by atoms with van der Waals surface area (Å²) >= 11 is 15.1. The molecule has 0 spiro atoms. The van der Waals surface area contributed by atoms with E-state index in [0.29, 0.717) is 20.9 Å². The van der Waals surface area contributed by atoms with E-state index in [0.717, 1.165) is 0 Å². The van der Waals surface area contributed by atoms with Crippen LogP contribution in [0.3, 0.4) is 0 Å². The topological polar surface area (TPSA) is 51.2 Å². The maximum absolute atomic E-state index is 12.1. The van der Waals surface area contributed by atoms with Crippen LogP contribution in [0.15, 0.2) is 34.9 Å². The Kier molecular flexibility index (Phi) is 4.86. The second-order valence-corrected chi connectivity index (χ2v) is 5.48. The molecule has 7 heteroatoms. The maximum Gasteiger partial charge on any atom is 0.258 e. The highest BCUT2D eigenvalue weighted by atomic mass is 79.9. The Labute approximate surface area is 134 Å². The van der Waals surface area contributed by atoms with Crippen molar-refractivity contribution in [3.8, 4) is 5.75 Å². The molecule has 1 N–H and O–H groups in total. The van der Waals surface area contributed by atoms with E-state index in [1.807, 2.05) is 0 Å². The van der Waals surface area contributed by atoms with E-state index >= 15 is 0 Å². The predicted molar refractivity (Wildman–Crippen MR) is 82.9 cm³/mol. The number of carbonyl (C=O) groups is 1. The first-order valence-corrected chi connectivity index (χ1v) is 7.02. The highest BCUT2D eigenvalue weighted by Gasteiger charge is 2.13. The molecule has 0 aliphatic heterocycles. The predicted octanol–water partition coefficient (Wildman–Crippen LogP) is 4.41. The molecule has 0 atom stereocenters. The zero-order chi connectivity index (χ0) is 14.7. The largest absolute Gasteiger partial charge is 0.495 e. The van der Waals surface area contributed by atoms with Crippen molar-refractivity contribution in [3.63, 3.8) is 0 Å². The molecule has 20 heavy (non-hydrogen) atoms. The summed E-state index contributed by atoms with van der Waals surface area (Å²) in [7, 11) is 1.50. The maximum atomic E-state index is 12.1. The number of aromatic nitrogens is 1. The number of benzene rings is 1. The third kappa shape index (κ3) is 3.42. The number of methoxy groups -OCH3 is 1. The van der Waals surface area contributed by atoms with Crippen molar-refractivity contribution in [2.75, 3.05) is 12.4 Å². The lowest BCUT2D eigenvalue weighted by Gasteiger charge is -2.09. The number of hydrogen-bond donors (Lipinski definition) is 1. The summed E-state index contributed by atoms with van der Waals surface area (Å²) in [6, 6.07) is 6.52. The summed E-state index contributed by atoms with van der Waals surface area (Å²) in [6.45, 7) is 0. The SMILES string of the molecule is COc1cc(NC(=O)c2cc(Br)cnc2Cl)ccc1Cl. The van der Waals surface area contributed by atoms with Gasteiger partial charge < -0.3 is 10.1 Å². The van der Waals surface area contributed by atoms with Crippen molar-refractivity contribution in [2.24, 2.45) is 0 Å². The highest BCUT2D eigenvalue weighted by Crippen LogP contribution is 2.28. The van der Waals surface area contributed by atoms with Crippen LogP contribution < -0.4 is 10.1 Å². The monoisotopic (exact) mass is 374 g/mol. The molecule has 4 nitrogen and oxygen atoms in total. The number of anilines is 1. The quantitative estimate of drug-likeness (QED) is 0.808. The Morgan fingerprint density at radius 1 is 1.35 bits per heavy atom. The van der Waals surface area contributed by atoms with Crippen LogP contribution in [0.4, 0.5) is 5.69 Å². The van der Waals surface area contributed by atoms with Crippen LogP contribution in [0.1, 0.15) is 10.4 Å². The highest BCUT2D eigenvalue weighted by molar-refractivity contribution is 9.10. The van der Waals surface area contributed by atoms with Crippen molar-refractivity contribution in [1.29, 1.82) is 0 Å². The molecule has 1 aromatic heterocycles. The van der Waals surface area contributed by atoms with E-state index < -0.39 is 0 Å². The van der Waals surface area contributed by atoms with Gasteiger partial charge in [0.05, 0.1) is 17.7 Å². The third-order valence-corrected chi connectivity index (χ3v) is 3.51. The number of ether oxygens (including phenoxy) is 1. The van der Waals surface area contributed by atoms with Crippen LogP contribution in [0, 0.1) is 0 Å². The summed E-state index contributed by atoms with van der Waals surface area (Å²) in [5.41, 5.74) is 0.822. The van der Waals surface area contributed by atoms with Crippen LogP contribution >= 0.6 is 39.1 Å². The van der Waals surface area contributed by atoms with Crippen LogP contribution in [0.25, 0.3) is 0 Å². The molecule has 0 bridgehead atoms. The fourth-order valence-corrected chi connectivity index (χ4v) is 2.23. The first-order valence-electron chi connectivity index (χ1n) is 5.47. The van der Waals surface area contributed by atoms with E-state index in [9.17, 15) is 4.79 Å². The number of hydrogen-bond acceptors (Lipinski definition) is 3. The standard InChI is InChI=1S/C13H9BrCl2N2O2/c1-20-11-5-8(2-3-10(11)15)18-13(19)9-4-7(14)6-17-12(9)16/h2-6H,1H3,(H,18,19). The number of nitrogens with zero attached hydrogens (tertiary/aromatic N) is 1. The Balaban J connectivity index is 2.25. The van der Waals surface area contributed by atoms with Crippen molar-refractivity contribution in [1.82, 2.24) is 4.98 Å². The van der Waals surface area contributed by atoms with Gasteiger partial charge in [-0.15, -0.1) is 0 Å². The molecule has 1 amide bonds. The summed E-state index contributed by atoms with van der Waals surface area (Å²) in [5, 5.41) is 3.30. The van der Waals surface area contributed by atoms with E-state index in [2.05, 4.69) is 26.2 Å². The van der Waals surface area contributed by atoms with E-state index in [-0.39, 0.29) is 16.6 Å². The first-order chi connectivity index (χ1) is 9.51. The normalized spacial score (nSPS) is 10.2. The summed E-state index contributed by atoms with van der Waals surface area (Å²) in [5.74, 6) is 0.108. The molecule has 0 radical (unpaired) electrons. The van der Waals surface area contributed by atoms with Crippen molar-refractivity contribution < 1.29 is 9.53 Å². The lowest BCUT2D eigenvalue weighted by molar-refractivity contribution is 0.102. The molecule has 104 valence electrons. The van der Waals surface area contributed by atoms with Gasteiger partial charge in [-0.1, -0.05) is 23.2 Å². The van der Waals surface area contributed by atoms with Crippen molar-refractivity contribution >= 4 is 50.7 Å². The van der Waals surface area contributed by atoms with Crippen LogP contribution in [0.5, 0.6) is 5.75 Å². The molecule has 0 unspecified atom stereocenters. The Hall–Kier alpha value is -1.30. The average Bonchev–Trinajstić information content (AvgIpc) is 2.43. The Morgan fingerprint density at radius 2 is 2.10 bits per heavy atom. The van der Waals surface area contributed by atoms with Crippen molar-refractivity contribution in [2.45, 2.75) is 0 Å². The smallest absolute Gasteiger partial charge is 0.258 e. The van der Waals surface area contributed by atoms with Crippen LogP contribution in [-0.4, -0.2) is 18.0 Å². The fraction of sp³-hybridized carbons (Fsp3) is 0.0769. The van der Waals surface area contributed by atoms with Crippen LogP contribution in [0.2, 0.25) is 10.2 Å². The summed E-state index contributed by atoms with van der Waals surface area (Å²) in [4.78, 5) is 16.0. The minimum atomic E-state index is -0.367. The molecular weight excluding hydrogens is 367 g/mol. The minimum absolute atomic E-state index is 0.131. The number of rotatable bonds is 3. The summed E-state index contributed by atoms with van der Waals surface area (Å²) in [6.07, 6.45) is 1.52. The molecule has 0 aliphatic rings. The third-order valence-electron chi connectivity index (χ3n) is 2.46. The van der Waals surface area contributed by atoms with Gasteiger partial charge in [0.15, 0.2) is 0 Å². The van der Waals surface area contributed by atoms with Gasteiger partial charge in [0.25, 0.3) is 5.91 Å². The number of amides is 1. The van der Waals surface area contributed by atoms with Gasteiger partial charge in [-0.05, 0) is 34.1 Å². The Morgan fingerprint density at radius 3 is 2.80 bits per heavy atom. The minimum Gasteiger partial charge on any atom is -0.495 e. The molecule has 0 fully saturated rings. The van der Waals surface area contributed by atoms with Crippen molar-refractivity contribution in [3.05, 3.63) is 50.7 Å². The van der Waals surface area contributed by atoms with Gasteiger partial charge >= 0.3 is 0 Å². The van der Waals surface area contributed by atoms with Gasteiger partial charge in [0.2, 0.25) is 0 Å². The van der Waals surface area contributed by atoms with Gasteiger partial charge in [-0.3, -0.25) is 4.79 Å². The molecule has 2 aromatic rings. The molecule has 1 heterocycles. The van der Waals surface area contributed by atoms with Gasteiger partial charge in [-0.2, -0.15) is 0 Å². The Bertz CT molecular complexity index is 665. The molecular formula is C13H9BrCl2N2O2. The average molecular weight is 376 g/mol. The molecule has 0 aliphatic carbocycles. The molecule has 0 saturated heterocycles. The van der Waals surface area contributed by atoms with E-state index in [4.69, 9.17) is 27.9 Å². The molecule has 2 rings (SSSR count). The zero-order valence-electron chi connectivity index (χ0n) is 10.3. The number of nitrogens with one attached hydrogen (secondary N) is 1. The zero-order valence-corrected chi connectivity index (χ0v) is 13.4. The lowest BCUT2D eigenvalue weighted by Crippen LogP contribution is -2.13. The molecule has 0 saturated carbocycles.